The molecular weight excluding hydrogens is 312 g/mol. The normalized spacial score (nSPS) is 15.8. The van der Waals surface area contributed by atoms with Crippen LogP contribution in [0.15, 0.2) is 23.4 Å². The summed E-state index contributed by atoms with van der Waals surface area (Å²) in [5.41, 5.74) is -0.836. The van der Waals surface area contributed by atoms with Crippen molar-refractivity contribution >= 4 is 44.3 Å². The highest BCUT2D eigenvalue weighted by Crippen LogP contribution is 2.55. The summed E-state index contributed by atoms with van der Waals surface area (Å²) in [6.07, 6.45) is 3.12. The van der Waals surface area contributed by atoms with E-state index in [1.807, 2.05) is 0 Å². The molecule has 0 spiro atoms. The van der Waals surface area contributed by atoms with Gasteiger partial charge in [-0.2, -0.15) is 0 Å². The van der Waals surface area contributed by atoms with Gasteiger partial charge in [-0.25, -0.2) is 9.78 Å². The molecule has 1 heterocycles. The van der Waals surface area contributed by atoms with Gasteiger partial charge in [0.25, 0.3) is 5.69 Å². The number of hydrogen-bond donors (Lipinski definition) is 0. The summed E-state index contributed by atoms with van der Waals surface area (Å²) >= 11 is 5.12. The Hall–Kier alpha value is -0.990. The maximum Gasteiger partial charge on any atom is 0.403 e. The van der Waals surface area contributed by atoms with E-state index in [-0.39, 0.29) is 17.0 Å². The molecule has 1 saturated carbocycles. The van der Waals surface area contributed by atoms with Crippen molar-refractivity contribution in [1.82, 2.24) is 4.98 Å². The quantitative estimate of drug-likeness (QED) is 0.342. The van der Waals surface area contributed by atoms with Crippen LogP contribution >= 0.6 is 33.2 Å². The van der Waals surface area contributed by atoms with Crippen LogP contribution in [0.2, 0.25) is 0 Å². The first-order valence-corrected chi connectivity index (χ1v) is 7.82. The van der Waals surface area contributed by atoms with Gasteiger partial charge in [0.1, 0.15) is 17.8 Å². The second kappa shape index (κ2) is 5.98. The lowest BCUT2D eigenvalue weighted by Crippen LogP contribution is -2.12. The fourth-order valence-corrected chi connectivity index (χ4v) is 3.88. The highest BCUT2D eigenvalue weighted by atomic mass is 35.5. The number of carbonyl (C=O) groups excluding carboxylic acids is 1. The number of rotatable bonds is 6. The van der Waals surface area contributed by atoms with Gasteiger partial charge >= 0.3 is 5.43 Å². The third-order valence-corrected chi connectivity index (χ3v) is 5.80. The lowest BCUT2D eigenvalue weighted by atomic mass is 10.4. The lowest BCUT2D eigenvalue weighted by molar-refractivity contribution is -0.385. The Morgan fingerprint density at radius 2 is 2.32 bits per heavy atom. The van der Waals surface area contributed by atoms with Crippen LogP contribution in [0.4, 0.5) is 10.5 Å². The summed E-state index contributed by atoms with van der Waals surface area (Å²) < 4.78 is 4.69. The zero-order valence-corrected chi connectivity index (χ0v) is 12.0. The van der Waals surface area contributed by atoms with Gasteiger partial charge in [0.2, 0.25) is 0 Å². The maximum absolute atomic E-state index is 10.5. The number of hydrogen-bond acceptors (Lipinski definition) is 7. The first-order valence-electron chi connectivity index (χ1n) is 5.29. The molecule has 6 nitrogen and oxygen atoms in total. The first-order chi connectivity index (χ1) is 9.01. The molecule has 19 heavy (non-hydrogen) atoms. The van der Waals surface area contributed by atoms with E-state index in [9.17, 15) is 14.9 Å². The van der Waals surface area contributed by atoms with E-state index >= 15 is 0 Å². The fraction of sp³-hybridized carbons (Fsp3) is 0.400. The van der Waals surface area contributed by atoms with E-state index in [4.69, 9.17) is 16.3 Å². The second-order valence-electron chi connectivity index (χ2n) is 3.99. The minimum Gasteiger partial charge on any atom is -0.452 e. The number of nitrogens with zero attached hydrogens (tertiary/aromatic N) is 2. The molecule has 0 radical (unpaired) electrons. The predicted molar refractivity (Wildman–Crippen MR) is 73.5 cm³/mol. The van der Waals surface area contributed by atoms with Crippen molar-refractivity contribution in [3.05, 3.63) is 28.4 Å². The van der Waals surface area contributed by atoms with Crippen LogP contribution in [0.1, 0.15) is 12.8 Å². The second-order valence-corrected chi connectivity index (χ2v) is 6.91. The van der Waals surface area contributed by atoms with Crippen LogP contribution in [0.25, 0.3) is 0 Å². The SMILES string of the molecule is O=C(Cl)OCC1(SSc2ccc([N+](=O)[O-])cn2)CC1. The Labute approximate surface area is 121 Å². The molecule has 102 valence electrons. The standard InChI is InChI=1S/C10H9ClN2O4S2/c11-9(14)17-6-10(3-4-10)19-18-8-2-1-7(5-12-8)13(15)16/h1-2,5H,3-4,6H2. The largest absolute Gasteiger partial charge is 0.452 e. The van der Waals surface area contributed by atoms with Gasteiger partial charge in [-0.05, 0) is 29.7 Å². The van der Waals surface area contributed by atoms with Crippen LogP contribution < -0.4 is 0 Å². The van der Waals surface area contributed by atoms with Gasteiger partial charge in [0.05, 0.1) is 9.67 Å². The Morgan fingerprint density at radius 3 is 2.79 bits per heavy atom. The molecule has 0 amide bonds. The Balaban J connectivity index is 1.85. The average molecular weight is 321 g/mol. The molecule has 9 heteroatoms. The molecule has 0 aromatic carbocycles. The van der Waals surface area contributed by atoms with Gasteiger partial charge in [0, 0.05) is 17.7 Å². The molecule has 0 bridgehead atoms. The third kappa shape index (κ3) is 4.26. The van der Waals surface area contributed by atoms with E-state index in [1.54, 1.807) is 16.9 Å². The van der Waals surface area contributed by atoms with Crippen molar-refractivity contribution in [3.63, 3.8) is 0 Å². The fourth-order valence-electron chi connectivity index (χ4n) is 1.24. The zero-order chi connectivity index (χ0) is 13.9. The number of carbonyl (C=O) groups is 1. The topological polar surface area (TPSA) is 82.3 Å². The molecule has 1 fully saturated rings. The van der Waals surface area contributed by atoms with E-state index in [2.05, 4.69) is 4.98 Å². The molecule has 0 atom stereocenters. The molecule has 1 aromatic rings. The minimum absolute atomic E-state index is 0.0356. The van der Waals surface area contributed by atoms with E-state index in [0.717, 1.165) is 12.8 Å². The first kappa shape index (κ1) is 14.4. The minimum atomic E-state index is -0.801. The van der Waals surface area contributed by atoms with Crippen molar-refractivity contribution in [1.29, 1.82) is 0 Å². The van der Waals surface area contributed by atoms with Crippen molar-refractivity contribution in [2.45, 2.75) is 22.6 Å². The summed E-state index contributed by atoms with van der Waals surface area (Å²) in [6, 6.07) is 3.01. The Kier molecular flexibility index (Phi) is 4.54. The molecular formula is C10H9ClN2O4S2. The van der Waals surface area contributed by atoms with Crippen molar-refractivity contribution in [2.75, 3.05) is 6.61 Å². The lowest BCUT2D eigenvalue weighted by Gasteiger charge is -2.12. The Bertz CT molecular complexity index is 493. The monoisotopic (exact) mass is 320 g/mol. The predicted octanol–water partition coefficient (Wildman–Crippen LogP) is 3.64. The molecule has 0 saturated heterocycles. The van der Waals surface area contributed by atoms with Crippen LogP contribution in [0.3, 0.4) is 0 Å². The van der Waals surface area contributed by atoms with Gasteiger partial charge in [0.15, 0.2) is 0 Å². The molecule has 0 N–H and O–H groups in total. The van der Waals surface area contributed by atoms with E-state index in [0.29, 0.717) is 5.03 Å². The number of aromatic nitrogens is 1. The summed E-state index contributed by atoms with van der Waals surface area (Å²) in [5.74, 6) is 0. The van der Waals surface area contributed by atoms with Crippen LogP contribution in [0, 0.1) is 10.1 Å². The number of ether oxygens (including phenoxy) is 1. The van der Waals surface area contributed by atoms with Gasteiger partial charge < -0.3 is 4.74 Å². The van der Waals surface area contributed by atoms with E-state index < -0.39 is 10.4 Å². The van der Waals surface area contributed by atoms with Crippen molar-refractivity contribution in [2.24, 2.45) is 0 Å². The van der Waals surface area contributed by atoms with Gasteiger partial charge in [-0.15, -0.1) is 0 Å². The number of halogens is 1. The molecule has 0 unspecified atom stereocenters. The highest BCUT2D eigenvalue weighted by molar-refractivity contribution is 8.77. The van der Waals surface area contributed by atoms with Crippen LogP contribution in [0.5, 0.6) is 0 Å². The zero-order valence-electron chi connectivity index (χ0n) is 9.58. The molecule has 1 aromatic heterocycles. The Morgan fingerprint density at radius 1 is 1.58 bits per heavy atom. The average Bonchev–Trinajstić information content (AvgIpc) is 3.15. The smallest absolute Gasteiger partial charge is 0.403 e. The van der Waals surface area contributed by atoms with Crippen molar-refractivity contribution < 1.29 is 14.5 Å². The summed E-state index contributed by atoms with van der Waals surface area (Å²) in [6.45, 7) is 0.278. The highest BCUT2D eigenvalue weighted by Gasteiger charge is 2.45. The number of pyridine rings is 1. The summed E-state index contributed by atoms with van der Waals surface area (Å²) in [4.78, 5) is 24.5. The molecule has 2 rings (SSSR count). The summed E-state index contributed by atoms with van der Waals surface area (Å²) in [5, 5.41) is 11.2. The van der Waals surface area contributed by atoms with Crippen LogP contribution in [-0.4, -0.2) is 26.7 Å². The molecule has 1 aliphatic carbocycles. The molecule has 1 aliphatic rings. The summed E-state index contributed by atoms with van der Waals surface area (Å²) in [7, 11) is 2.96. The van der Waals surface area contributed by atoms with Gasteiger partial charge in [-0.3, -0.25) is 10.1 Å². The number of nitro groups is 1. The van der Waals surface area contributed by atoms with E-state index in [1.165, 1.54) is 23.1 Å². The van der Waals surface area contributed by atoms with Crippen molar-refractivity contribution in [3.8, 4) is 0 Å². The molecule has 0 aliphatic heterocycles. The maximum atomic E-state index is 10.5. The van der Waals surface area contributed by atoms with Gasteiger partial charge in [-0.1, -0.05) is 10.8 Å². The van der Waals surface area contributed by atoms with Crippen LogP contribution in [-0.2, 0) is 4.74 Å². The third-order valence-electron chi connectivity index (χ3n) is 2.49.